The van der Waals surface area contributed by atoms with Gasteiger partial charge in [-0.2, -0.15) is 0 Å². The molecule has 3 aromatic carbocycles. The Hall–Kier alpha value is -2.86. The second kappa shape index (κ2) is 12.0. The standard InChI is InChI=1S/C30H34/c1-3-4-5-9-22-29(27-18-12-7-13-19-27)24-30(28-20-14-8-15-21-28)23-25(2)26-16-10-6-11-17-26/h3,6-22,25,29-30H,1,4-5,23-24H2,2H3/b22-9+/t25-,29+,30-/m0/s1. The van der Waals surface area contributed by atoms with Crippen LogP contribution >= 0.6 is 0 Å². The average molecular weight is 395 g/mol. The van der Waals surface area contributed by atoms with Gasteiger partial charge in [0.2, 0.25) is 0 Å². The summed E-state index contributed by atoms with van der Waals surface area (Å²) in [6.07, 6.45) is 11.1. The minimum atomic E-state index is 0.421. The van der Waals surface area contributed by atoms with Crippen molar-refractivity contribution in [3.8, 4) is 0 Å². The van der Waals surface area contributed by atoms with Crippen LogP contribution in [-0.2, 0) is 0 Å². The SMILES string of the molecule is C=CCC/C=C/[C@H](C[C@H](C[C@H](C)c1ccccc1)c1ccccc1)c1ccccc1. The van der Waals surface area contributed by atoms with Crippen LogP contribution in [0.1, 0.15) is 67.1 Å². The molecule has 0 unspecified atom stereocenters. The second-order valence-corrected chi connectivity index (χ2v) is 8.20. The quantitative estimate of drug-likeness (QED) is 0.225. The zero-order valence-corrected chi connectivity index (χ0v) is 18.2. The van der Waals surface area contributed by atoms with Crippen LogP contribution in [0.15, 0.2) is 116 Å². The Balaban J connectivity index is 1.84. The highest BCUT2D eigenvalue weighted by atomic mass is 14.3. The Bertz CT molecular complexity index is 877. The van der Waals surface area contributed by atoms with Crippen molar-refractivity contribution in [1.82, 2.24) is 0 Å². The number of hydrogen-bond acceptors (Lipinski definition) is 0. The third kappa shape index (κ3) is 6.59. The fourth-order valence-electron chi connectivity index (χ4n) is 4.25. The maximum absolute atomic E-state index is 3.85. The van der Waals surface area contributed by atoms with Crippen LogP contribution < -0.4 is 0 Å². The Morgan fingerprint density at radius 3 is 1.77 bits per heavy atom. The van der Waals surface area contributed by atoms with Crippen molar-refractivity contribution in [3.05, 3.63) is 132 Å². The molecule has 0 radical (unpaired) electrons. The lowest BCUT2D eigenvalue weighted by Crippen LogP contribution is -2.09. The summed E-state index contributed by atoms with van der Waals surface area (Å²) < 4.78 is 0. The maximum atomic E-state index is 3.85. The van der Waals surface area contributed by atoms with Crippen LogP contribution in [-0.4, -0.2) is 0 Å². The first kappa shape index (κ1) is 21.8. The zero-order chi connectivity index (χ0) is 21.0. The Morgan fingerprint density at radius 2 is 1.20 bits per heavy atom. The molecule has 0 saturated carbocycles. The fourth-order valence-corrected chi connectivity index (χ4v) is 4.25. The monoisotopic (exact) mass is 394 g/mol. The normalized spacial score (nSPS) is 14.3. The van der Waals surface area contributed by atoms with Gasteiger partial charge in [-0.25, -0.2) is 0 Å². The second-order valence-electron chi connectivity index (χ2n) is 8.20. The summed E-state index contributed by atoms with van der Waals surface area (Å²) in [4.78, 5) is 0. The molecule has 0 saturated heterocycles. The molecule has 0 aliphatic carbocycles. The largest absolute Gasteiger partial charge is 0.103 e. The first-order valence-electron chi connectivity index (χ1n) is 11.2. The Morgan fingerprint density at radius 1 is 0.667 bits per heavy atom. The van der Waals surface area contributed by atoms with E-state index >= 15 is 0 Å². The number of hydrogen-bond donors (Lipinski definition) is 0. The van der Waals surface area contributed by atoms with Crippen molar-refractivity contribution >= 4 is 0 Å². The molecule has 0 nitrogen and oxygen atoms in total. The number of unbranched alkanes of at least 4 members (excludes halogenated alkanes) is 1. The molecule has 0 N–H and O–H groups in total. The van der Waals surface area contributed by atoms with Gasteiger partial charge >= 0.3 is 0 Å². The summed E-state index contributed by atoms with van der Waals surface area (Å²) >= 11 is 0. The predicted molar refractivity (Wildman–Crippen MR) is 131 cm³/mol. The fraction of sp³-hybridized carbons (Fsp3) is 0.267. The first-order valence-corrected chi connectivity index (χ1v) is 11.2. The van der Waals surface area contributed by atoms with Crippen LogP contribution in [0.4, 0.5) is 0 Å². The molecule has 154 valence electrons. The average Bonchev–Trinajstić information content (AvgIpc) is 2.82. The highest BCUT2D eigenvalue weighted by Gasteiger charge is 2.21. The van der Waals surface area contributed by atoms with E-state index in [1.54, 1.807) is 0 Å². The van der Waals surface area contributed by atoms with Crippen LogP contribution in [0, 0.1) is 0 Å². The molecule has 0 amide bonds. The number of rotatable bonds is 11. The molecule has 0 aliphatic heterocycles. The van der Waals surface area contributed by atoms with Crippen molar-refractivity contribution in [2.45, 2.75) is 50.4 Å². The highest BCUT2D eigenvalue weighted by molar-refractivity contribution is 5.28. The van der Waals surface area contributed by atoms with E-state index in [4.69, 9.17) is 0 Å². The predicted octanol–water partition coefficient (Wildman–Crippen LogP) is 8.66. The molecule has 3 atom stereocenters. The molecule has 0 fully saturated rings. The molecular weight excluding hydrogens is 360 g/mol. The summed E-state index contributed by atoms with van der Waals surface area (Å²) in [5.74, 6) is 1.46. The number of benzene rings is 3. The third-order valence-corrected chi connectivity index (χ3v) is 5.95. The summed E-state index contributed by atoms with van der Waals surface area (Å²) in [6, 6.07) is 32.9. The Kier molecular flexibility index (Phi) is 8.72. The third-order valence-electron chi connectivity index (χ3n) is 5.95. The molecule has 3 aromatic rings. The molecular formula is C30H34. The van der Waals surface area contributed by atoms with Crippen molar-refractivity contribution in [3.63, 3.8) is 0 Å². The molecule has 0 aliphatic rings. The lowest BCUT2D eigenvalue weighted by atomic mass is 9.79. The zero-order valence-electron chi connectivity index (χ0n) is 18.2. The van der Waals surface area contributed by atoms with Gasteiger partial charge < -0.3 is 0 Å². The van der Waals surface area contributed by atoms with Crippen molar-refractivity contribution in [1.29, 1.82) is 0 Å². The van der Waals surface area contributed by atoms with Gasteiger partial charge in [-0.3, -0.25) is 0 Å². The van der Waals surface area contributed by atoms with Gasteiger partial charge in [0, 0.05) is 5.92 Å². The molecule has 3 rings (SSSR count). The highest BCUT2D eigenvalue weighted by Crippen LogP contribution is 2.37. The molecule has 0 aromatic heterocycles. The van der Waals surface area contributed by atoms with Gasteiger partial charge in [0.25, 0.3) is 0 Å². The van der Waals surface area contributed by atoms with Gasteiger partial charge in [-0.05, 0) is 54.2 Å². The van der Waals surface area contributed by atoms with E-state index < -0.39 is 0 Å². The van der Waals surface area contributed by atoms with Gasteiger partial charge in [0.05, 0.1) is 0 Å². The summed E-state index contributed by atoms with van der Waals surface area (Å²) in [5, 5.41) is 0. The molecule has 30 heavy (non-hydrogen) atoms. The van der Waals surface area contributed by atoms with Gasteiger partial charge in [-0.1, -0.05) is 116 Å². The Labute approximate surface area is 183 Å². The van der Waals surface area contributed by atoms with Crippen LogP contribution in [0.3, 0.4) is 0 Å². The minimum absolute atomic E-state index is 0.421. The van der Waals surface area contributed by atoms with E-state index in [0.717, 1.165) is 25.7 Å². The smallest absolute Gasteiger partial charge is 0.00237 e. The maximum Gasteiger partial charge on any atom is 0.00237 e. The summed E-state index contributed by atoms with van der Waals surface area (Å²) in [6.45, 7) is 6.21. The molecule has 0 spiro atoms. The van der Waals surface area contributed by atoms with Crippen LogP contribution in [0.2, 0.25) is 0 Å². The van der Waals surface area contributed by atoms with E-state index in [-0.39, 0.29) is 0 Å². The van der Waals surface area contributed by atoms with Gasteiger partial charge in [0.1, 0.15) is 0 Å². The van der Waals surface area contributed by atoms with Crippen LogP contribution in [0.25, 0.3) is 0 Å². The van der Waals surface area contributed by atoms with Crippen molar-refractivity contribution in [2.75, 3.05) is 0 Å². The van der Waals surface area contributed by atoms with Crippen molar-refractivity contribution < 1.29 is 0 Å². The van der Waals surface area contributed by atoms with E-state index in [1.165, 1.54) is 16.7 Å². The summed E-state index contributed by atoms with van der Waals surface area (Å²) in [5.41, 5.74) is 4.28. The molecule has 0 bridgehead atoms. The topological polar surface area (TPSA) is 0 Å². The van der Waals surface area contributed by atoms with E-state index in [2.05, 4.69) is 117 Å². The van der Waals surface area contributed by atoms with Gasteiger partial charge in [0.15, 0.2) is 0 Å². The van der Waals surface area contributed by atoms with Crippen molar-refractivity contribution in [2.24, 2.45) is 0 Å². The summed E-state index contributed by atoms with van der Waals surface area (Å²) in [7, 11) is 0. The molecule has 0 heterocycles. The number of allylic oxidation sites excluding steroid dienone is 3. The van der Waals surface area contributed by atoms with E-state index in [9.17, 15) is 0 Å². The minimum Gasteiger partial charge on any atom is -0.103 e. The molecule has 0 heteroatoms. The van der Waals surface area contributed by atoms with E-state index in [0.29, 0.717) is 17.8 Å². The lowest BCUT2D eigenvalue weighted by Gasteiger charge is -2.26. The lowest BCUT2D eigenvalue weighted by molar-refractivity contribution is 0.505. The van der Waals surface area contributed by atoms with E-state index in [1.807, 2.05) is 6.08 Å². The van der Waals surface area contributed by atoms with Gasteiger partial charge in [-0.15, -0.1) is 6.58 Å². The first-order chi connectivity index (χ1) is 14.8. The van der Waals surface area contributed by atoms with Crippen LogP contribution in [0.5, 0.6) is 0 Å².